The Bertz CT molecular complexity index is 1830. The van der Waals surface area contributed by atoms with Crippen LogP contribution in [0.5, 0.6) is 0 Å². The second kappa shape index (κ2) is 8.92. The topological polar surface area (TPSA) is 0 Å². The molecule has 0 atom stereocenters. The van der Waals surface area contributed by atoms with Crippen LogP contribution < -0.4 is 0 Å². The first-order valence-corrected chi connectivity index (χ1v) is 15.3. The lowest BCUT2D eigenvalue weighted by Crippen LogP contribution is -2.38. The Morgan fingerprint density at radius 1 is 0.488 bits per heavy atom. The molecule has 0 nitrogen and oxygen atoms in total. The summed E-state index contributed by atoms with van der Waals surface area (Å²) < 4.78 is 0. The van der Waals surface area contributed by atoms with Gasteiger partial charge in [0.25, 0.3) is 0 Å². The maximum absolute atomic E-state index is 2.52. The van der Waals surface area contributed by atoms with Crippen molar-refractivity contribution in [3.8, 4) is 0 Å². The van der Waals surface area contributed by atoms with Crippen molar-refractivity contribution in [2.75, 3.05) is 0 Å². The first-order chi connectivity index (χ1) is 20.0. The van der Waals surface area contributed by atoms with Gasteiger partial charge in [-0.05, 0) is 102 Å². The monoisotopic (exact) mass is 528 g/mol. The van der Waals surface area contributed by atoms with Gasteiger partial charge in [-0.25, -0.2) is 0 Å². The largest absolute Gasteiger partial charge is 0.0719 e. The van der Waals surface area contributed by atoms with E-state index in [1.165, 1.54) is 77.2 Å². The third-order valence-corrected chi connectivity index (χ3v) is 10.3. The molecule has 0 bridgehead atoms. The van der Waals surface area contributed by atoms with E-state index in [4.69, 9.17) is 0 Å². The molecule has 0 radical (unpaired) electrons. The molecule has 0 amide bonds. The molecule has 0 heterocycles. The van der Waals surface area contributed by atoms with Crippen molar-refractivity contribution in [1.82, 2.24) is 0 Å². The molecular formula is C41H36. The van der Waals surface area contributed by atoms with Gasteiger partial charge in [0.15, 0.2) is 0 Å². The van der Waals surface area contributed by atoms with Gasteiger partial charge in [-0.3, -0.25) is 0 Å². The average molecular weight is 529 g/mol. The second-order valence-electron chi connectivity index (χ2n) is 12.8. The molecule has 0 aliphatic heterocycles. The highest BCUT2D eigenvalue weighted by atomic mass is 14.5. The van der Waals surface area contributed by atoms with Crippen LogP contribution in [0.3, 0.4) is 0 Å². The van der Waals surface area contributed by atoms with Gasteiger partial charge >= 0.3 is 0 Å². The fourth-order valence-electron chi connectivity index (χ4n) is 8.67. The molecule has 4 aromatic rings. The highest BCUT2D eigenvalue weighted by molar-refractivity contribution is 6.05. The number of hydrogen-bond acceptors (Lipinski definition) is 0. The summed E-state index contributed by atoms with van der Waals surface area (Å²) in [6.45, 7) is 9.77. The van der Waals surface area contributed by atoms with Crippen LogP contribution in [0.4, 0.5) is 0 Å². The molecule has 200 valence electrons. The van der Waals surface area contributed by atoms with Gasteiger partial charge in [0.1, 0.15) is 0 Å². The Hall–Kier alpha value is -4.16. The molecule has 41 heavy (non-hydrogen) atoms. The van der Waals surface area contributed by atoms with E-state index in [1.54, 1.807) is 0 Å². The first-order valence-electron chi connectivity index (χ1n) is 15.3. The smallest absolute Gasteiger partial charge is 0.0260 e. The van der Waals surface area contributed by atoms with Crippen molar-refractivity contribution in [3.63, 3.8) is 0 Å². The highest BCUT2D eigenvalue weighted by Crippen LogP contribution is 2.61. The van der Waals surface area contributed by atoms with Gasteiger partial charge in [0.2, 0.25) is 0 Å². The van der Waals surface area contributed by atoms with Crippen LogP contribution in [0.2, 0.25) is 0 Å². The van der Waals surface area contributed by atoms with Crippen LogP contribution in [0.25, 0.3) is 32.7 Å². The molecule has 0 unspecified atom stereocenters. The summed E-state index contributed by atoms with van der Waals surface area (Å²) in [5.74, 6) is 0.871. The summed E-state index contributed by atoms with van der Waals surface area (Å²) in [5.41, 5.74) is 14.4. The number of rotatable bonds is 4. The number of hydrogen-bond donors (Lipinski definition) is 0. The lowest BCUT2D eigenvalue weighted by molar-refractivity contribution is 0.221. The Balaban J connectivity index is 1.26. The SMILES string of the molecule is CC(C)C(C1=CC=C2C1=CCc1ccc3ccccc3c12)(C1=CC=C2C1=CCc1ccc3ccccc3c12)C(C)C. The minimum Gasteiger partial charge on any atom is -0.0719 e. The van der Waals surface area contributed by atoms with E-state index in [9.17, 15) is 0 Å². The maximum atomic E-state index is 2.52. The summed E-state index contributed by atoms with van der Waals surface area (Å²) >= 11 is 0. The minimum atomic E-state index is -0.0989. The molecule has 4 aromatic carbocycles. The molecular weight excluding hydrogens is 492 g/mol. The van der Waals surface area contributed by atoms with Crippen LogP contribution in [0.1, 0.15) is 49.9 Å². The Kier molecular flexibility index (Phi) is 5.36. The lowest BCUT2D eigenvalue weighted by atomic mass is 9.56. The molecule has 0 spiro atoms. The van der Waals surface area contributed by atoms with E-state index < -0.39 is 0 Å². The molecule has 0 heteroatoms. The van der Waals surface area contributed by atoms with Gasteiger partial charge in [0.05, 0.1) is 0 Å². The fourth-order valence-corrected chi connectivity index (χ4v) is 8.67. The number of benzene rings is 4. The molecule has 0 N–H and O–H groups in total. The zero-order chi connectivity index (χ0) is 27.9. The molecule has 8 rings (SSSR count). The predicted octanol–water partition coefficient (Wildman–Crippen LogP) is 10.6. The predicted molar refractivity (Wildman–Crippen MR) is 176 cm³/mol. The molecule has 0 saturated heterocycles. The normalized spacial score (nSPS) is 17.4. The third kappa shape index (κ3) is 3.28. The van der Waals surface area contributed by atoms with Crippen molar-refractivity contribution < 1.29 is 0 Å². The van der Waals surface area contributed by atoms with E-state index in [-0.39, 0.29) is 5.41 Å². The second-order valence-corrected chi connectivity index (χ2v) is 12.8. The molecule has 4 aliphatic carbocycles. The molecule has 0 fully saturated rings. The third-order valence-electron chi connectivity index (χ3n) is 10.3. The summed E-state index contributed by atoms with van der Waals surface area (Å²) in [6.07, 6.45) is 16.8. The Morgan fingerprint density at radius 2 is 0.927 bits per heavy atom. The first kappa shape index (κ1) is 24.6. The van der Waals surface area contributed by atoms with Crippen molar-refractivity contribution in [1.29, 1.82) is 0 Å². The van der Waals surface area contributed by atoms with E-state index in [0.29, 0.717) is 11.8 Å². The van der Waals surface area contributed by atoms with Gasteiger partial charge < -0.3 is 0 Å². The van der Waals surface area contributed by atoms with Crippen molar-refractivity contribution in [2.45, 2.75) is 40.5 Å². The van der Waals surface area contributed by atoms with Gasteiger partial charge in [0, 0.05) is 5.41 Å². The zero-order valence-electron chi connectivity index (χ0n) is 24.5. The van der Waals surface area contributed by atoms with Crippen molar-refractivity contribution in [3.05, 3.63) is 154 Å². The van der Waals surface area contributed by atoms with Crippen LogP contribution >= 0.6 is 0 Å². The van der Waals surface area contributed by atoms with Crippen LogP contribution in [-0.4, -0.2) is 0 Å². The van der Waals surface area contributed by atoms with Crippen LogP contribution in [-0.2, 0) is 12.8 Å². The summed E-state index contributed by atoms with van der Waals surface area (Å²) in [6, 6.07) is 27.0. The van der Waals surface area contributed by atoms with E-state index in [0.717, 1.165) is 12.8 Å². The Labute approximate surface area is 243 Å². The number of fused-ring (bicyclic) bond motifs is 10. The highest BCUT2D eigenvalue weighted by Gasteiger charge is 2.49. The summed E-state index contributed by atoms with van der Waals surface area (Å²) in [4.78, 5) is 0. The minimum absolute atomic E-state index is 0.0989. The molecule has 0 aromatic heterocycles. The van der Waals surface area contributed by atoms with E-state index in [1.807, 2.05) is 0 Å². The summed E-state index contributed by atoms with van der Waals surface area (Å²) in [7, 11) is 0. The fraction of sp³-hybridized carbons (Fsp3) is 0.220. The van der Waals surface area contributed by atoms with E-state index >= 15 is 0 Å². The van der Waals surface area contributed by atoms with Gasteiger partial charge in [-0.1, -0.05) is 137 Å². The van der Waals surface area contributed by atoms with Crippen LogP contribution in [0.15, 0.2) is 132 Å². The zero-order valence-corrected chi connectivity index (χ0v) is 24.5. The maximum Gasteiger partial charge on any atom is 0.0260 e. The Morgan fingerprint density at radius 3 is 1.37 bits per heavy atom. The van der Waals surface area contributed by atoms with Crippen molar-refractivity contribution >= 4 is 32.7 Å². The summed E-state index contributed by atoms with van der Waals surface area (Å²) in [5, 5.41) is 5.40. The quantitative estimate of drug-likeness (QED) is 0.247. The number of allylic oxidation sites excluding steroid dienone is 12. The standard InChI is InChI=1S/C41H36/c1-25(2)41(26(3)4,37-23-21-35-33(37)19-17-29-15-13-27-9-5-7-11-31(27)39(29)35)38-24-22-36-34(38)20-18-30-16-14-28-10-6-8-12-32(28)40(30)36/h5-16,19-26H,17-18H2,1-4H3. The van der Waals surface area contributed by atoms with Gasteiger partial charge in [-0.2, -0.15) is 0 Å². The van der Waals surface area contributed by atoms with E-state index in [2.05, 4.69) is 137 Å². The van der Waals surface area contributed by atoms with Crippen LogP contribution in [0, 0.1) is 17.3 Å². The molecule has 4 aliphatic rings. The van der Waals surface area contributed by atoms with Crippen molar-refractivity contribution in [2.24, 2.45) is 17.3 Å². The molecule has 0 saturated carbocycles. The average Bonchev–Trinajstić information content (AvgIpc) is 3.62. The van der Waals surface area contributed by atoms with Gasteiger partial charge in [-0.15, -0.1) is 0 Å². The lowest BCUT2D eigenvalue weighted by Gasteiger charge is -2.47.